The van der Waals surface area contributed by atoms with Crippen molar-refractivity contribution >= 4 is 23.6 Å². The Hall–Kier alpha value is -2.00. The first kappa shape index (κ1) is 19.0. The van der Waals surface area contributed by atoms with Crippen LogP contribution in [-0.2, 0) is 19.2 Å². The Kier molecular flexibility index (Phi) is 8.90. The van der Waals surface area contributed by atoms with Crippen LogP contribution in [0.5, 0.6) is 0 Å². The van der Waals surface area contributed by atoms with Gasteiger partial charge in [0.25, 0.3) is 5.92 Å². The molecule has 0 heterocycles. The van der Waals surface area contributed by atoms with E-state index in [0.29, 0.717) is 19.4 Å². The Morgan fingerprint density at radius 3 is 1.95 bits per heavy atom. The van der Waals surface area contributed by atoms with Gasteiger partial charge in [0.15, 0.2) is 5.78 Å². The molecule has 0 unspecified atom stereocenters. The van der Waals surface area contributed by atoms with Crippen molar-refractivity contribution in [2.75, 3.05) is 13.1 Å². The quantitative estimate of drug-likeness (QED) is 0.221. The zero-order valence-corrected chi connectivity index (χ0v) is 11.5. The summed E-state index contributed by atoms with van der Waals surface area (Å²) in [4.78, 5) is 45.1. The van der Waals surface area contributed by atoms with Crippen LogP contribution >= 0.6 is 0 Å². The van der Waals surface area contributed by atoms with Gasteiger partial charge in [-0.05, 0) is 25.8 Å². The molecule has 9 heteroatoms. The van der Waals surface area contributed by atoms with Crippen LogP contribution in [0.4, 0.5) is 0 Å². The van der Waals surface area contributed by atoms with Gasteiger partial charge in [0.1, 0.15) is 0 Å². The maximum Gasteiger partial charge on any atom is 0.331 e. The molecule has 0 fully saturated rings. The van der Waals surface area contributed by atoms with Gasteiger partial charge in [-0.25, -0.2) is 0 Å². The van der Waals surface area contributed by atoms with Crippen LogP contribution in [0.25, 0.3) is 0 Å². The molecule has 21 heavy (non-hydrogen) atoms. The minimum absolute atomic E-state index is 0.0455. The lowest BCUT2D eigenvalue weighted by Gasteiger charge is -2.19. The van der Waals surface area contributed by atoms with Crippen LogP contribution in [0, 0.1) is 5.92 Å². The molecule has 7 N–H and O–H groups in total. The fourth-order valence-corrected chi connectivity index (χ4v) is 1.64. The van der Waals surface area contributed by atoms with Gasteiger partial charge in [0.05, 0.1) is 6.04 Å². The predicted octanol–water partition coefficient (Wildman–Crippen LogP) is -1.74. The summed E-state index contributed by atoms with van der Waals surface area (Å²) < 4.78 is 0. The number of nitrogens with one attached hydrogen (secondary N) is 1. The van der Waals surface area contributed by atoms with E-state index in [1.54, 1.807) is 0 Å². The average molecular weight is 302 g/mol. The Bertz CT molecular complexity index is 384. The van der Waals surface area contributed by atoms with Crippen molar-refractivity contribution in [3.8, 4) is 0 Å². The van der Waals surface area contributed by atoms with Crippen molar-refractivity contribution in [1.82, 2.24) is 5.32 Å². The molecule has 0 aliphatic heterocycles. The highest BCUT2D eigenvalue weighted by Gasteiger charge is 2.39. The maximum atomic E-state index is 12.0. The molecular formula is C12H20N3O6. The first-order valence-electron chi connectivity index (χ1n) is 6.42. The second-order valence-corrected chi connectivity index (χ2v) is 4.29. The van der Waals surface area contributed by atoms with Gasteiger partial charge < -0.3 is 27.0 Å². The SMILES string of the molecule is NCCCC[C@H](NC(=O)CCN)C(=O)[C](C(=O)O)C(=O)O. The summed E-state index contributed by atoms with van der Waals surface area (Å²) in [5.74, 6) is -6.65. The lowest BCUT2D eigenvalue weighted by atomic mass is 9.94. The number of ketones is 1. The number of carbonyl (C=O) groups is 4. The summed E-state index contributed by atoms with van der Waals surface area (Å²) in [5.41, 5.74) is 10.5. The van der Waals surface area contributed by atoms with E-state index in [0.717, 1.165) is 0 Å². The zero-order valence-electron chi connectivity index (χ0n) is 11.5. The largest absolute Gasteiger partial charge is 0.480 e. The van der Waals surface area contributed by atoms with E-state index in [1.807, 2.05) is 0 Å². The molecule has 0 bridgehead atoms. The first-order valence-corrected chi connectivity index (χ1v) is 6.42. The molecule has 0 aliphatic rings. The third-order valence-corrected chi connectivity index (χ3v) is 2.64. The van der Waals surface area contributed by atoms with E-state index >= 15 is 0 Å². The van der Waals surface area contributed by atoms with E-state index in [2.05, 4.69) is 5.32 Å². The van der Waals surface area contributed by atoms with Crippen LogP contribution in [0.3, 0.4) is 0 Å². The average Bonchev–Trinajstić information content (AvgIpc) is 2.37. The third-order valence-electron chi connectivity index (χ3n) is 2.64. The fourth-order valence-electron chi connectivity index (χ4n) is 1.64. The van der Waals surface area contributed by atoms with E-state index in [9.17, 15) is 19.2 Å². The van der Waals surface area contributed by atoms with Crippen molar-refractivity contribution in [3.63, 3.8) is 0 Å². The number of carboxylic acid groups (broad SMARTS) is 2. The molecule has 1 atom stereocenters. The summed E-state index contributed by atoms with van der Waals surface area (Å²) in [6, 6.07) is -1.21. The number of nitrogens with two attached hydrogens (primary N) is 2. The fraction of sp³-hybridized carbons (Fsp3) is 0.583. The molecule has 1 radical (unpaired) electrons. The van der Waals surface area contributed by atoms with Crippen molar-refractivity contribution in [2.24, 2.45) is 11.5 Å². The van der Waals surface area contributed by atoms with Crippen molar-refractivity contribution in [3.05, 3.63) is 5.92 Å². The summed E-state index contributed by atoms with van der Waals surface area (Å²) in [6.07, 6.45) is 1.07. The van der Waals surface area contributed by atoms with E-state index in [-0.39, 0.29) is 19.4 Å². The number of Topliss-reactive ketones (excluding diaryl/α,β-unsaturated/α-hetero) is 1. The number of hydrogen-bond acceptors (Lipinski definition) is 6. The van der Waals surface area contributed by atoms with Gasteiger partial charge in [-0.2, -0.15) is 0 Å². The summed E-state index contributed by atoms with van der Waals surface area (Å²) in [5, 5.41) is 19.9. The Morgan fingerprint density at radius 2 is 1.52 bits per heavy atom. The van der Waals surface area contributed by atoms with Gasteiger partial charge in [0.2, 0.25) is 5.91 Å². The molecular weight excluding hydrogens is 282 g/mol. The smallest absolute Gasteiger partial charge is 0.331 e. The van der Waals surface area contributed by atoms with E-state index < -0.39 is 35.6 Å². The lowest BCUT2D eigenvalue weighted by molar-refractivity contribution is -0.147. The number of amides is 1. The van der Waals surface area contributed by atoms with E-state index in [4.69, 9.17) is 21.7 Å². The second-order valence-electron chi connectivity index (χ2n) is 4.29. The third kappa shape index (κ3) is 6.82. The Labute approximate surface area is 121 Å². The van der Waals surface area contributed by atoms with Gasteiger partial charge in [-0.1, -0.05) is 0 Å². The Morgan fingerprint density at radius 1 is 0.952 bits per heavy atom. The number of hydrogen-bond donors (Lipinski definition) is 5. The predicted molar refractivity (Wildman–Crippen MR) is 72.0 cm³/mol. The highest BCUT2D eigenvalue weighted by atomic mass is 16.4. The molecule has 9 nitrogen and oxygen atoms in total. The van der Waals surface area contributed by atoms with Gasteiger partial charge in [-0.15, -0.1) is 0 Å². The normalized spacial score (nSPS) is 12.0. The molecule has 0 aromatic rings. The molecule has 0 rings (SSSR count). The van der Waals surface area contributed by atoms with E-state index in [1.165, 1.54) is 0 Å². The van der Waals surface area contributed by atoms with Crippen molar-refractivity contribution in [2.45, 2.75) is 31.7 Å². The number of carboxylic acids is 2. The van der Waals surface area contributed by atoms with Crippen molar-refractivity contribution in [1.29, 1.82) is 0 Å². The second kappa shape index (κ2) is 9.83. The van der Waals surface area contributed by atoms with Gasteiger partial charge in [-0.3, -0.25) is 19.2 Å². The highest BCUT2D eigenvalue weighted by molar-refractivity contribution is 6.31. The number of rotatable bonds is 11. The van der Waals surface area contributed by atoms with Crippen molar-refractivity contribution < 1.29 is 29.4 Å². The molecule has 0 aromatic heterocycles. The van der Waals surface area contributed by atoms with Gasteiger partial charge >= 0.3 is 11.9 Å². The molecule has 0 spiro atoms. The first-order chi connectivity index (χ1) is 9.84. The zero-order chi connectivity index (χ0) is 16.4. The topological polar surface area (TPSA) is 173 Å². The molecule has 1 amide bonds. The molecule has 119 valence electrons. The van der Waals surface area contributed by atoms with Gasteiger partial charge in [0, 0.05) is 13.0 Å². The molecule has 0 aromatic carbocycles. The monoisotopic (exact) mass is 302 g/mol. The van der Waals surface area contributed by atoms with Crippen LogP contribution < -0.4 is 16.8 Å². The molecule has 0 saturated heterocycles. The molecule has 0 saturated carbocycles. The number of carbonyl (C=O) groups excluding carboxylic acids is 2. The highest BCUT2D eigenvalue weighted by Crippen LogP contribution is 2.11. The standard InChI is InChI=1S/C12H20N3O6/c13-5-2-1-3-7(15-8(16)4-6-14)10(17)9(11(18)19)12(20)21/h7H,1-6,13-14H2,(H,15,16)(H,18,19)(H,20,21)/t7-/m0/s1. The van der Waals surface area contributed by atoms with Crippen LogP contribution in [0.1, 0.15) is 25.7 Å². The summed E-state index contributed by atoms with van der Waals surface area (Å²) in [7, 11) is 0. The number of aliphatic carboxylic acids is 2. The van der Waals surface area contributed by atoms with Crippen LogP contribution in [0.2, 0.25) is 0 Å². The van der Waals surface area contributed by atoms with Crippen LogP contribution in [0.15, 0.2) is 0 Å². The minimum Gasteiger partial charge on any atom is -0.480 e. The maximum absolute atomic E-state index is 12.0. The summed E-state index contributed by atoms with van der Waals surface area (Å²) >= 11 is 0. The van der Waals surface area contributed by atoms with Crippen LogP contribution in [-0.4, -0.2) is 53.0 Å². The Balaban J connectivity index is 4.97. The summed E-state index contributed by atoms with van der Waals surface area (Å²) in [6.45, 7) is 0.427. The number of unbranched alkanes of at least 4 members (excludes halogenated alkanes) is 1. The minimum atomic E-state index is -1.84. The lowest BCUT2D eigenvalue weighted by Crippen LogP contribution is -2.47. The molecule has 0 aliphatic carbocycles.